The Morgan fingerprint density at radius 3 is 2.37 bits per heavy atom. The quantitative estimate of drug-likeness (QED) is 0.418. The van der Waals surface area contributed by atoms with Crippen molar-refractivity contribution in [2.75, 3.05) is 19.6 Å². The first-order valence-electron chi connectivity index (χ1n) is 12.8. The molecule has 0 bridgehead atoms. The van der Waals surface area contributed by atoms with Gasteiger partial charge in [-0.15, -0.1) is 11.3 Å². The topological polar surface area (TPSA) is 40.6 Å². The molecular formula is C30H34N2O2S. The fourth-order valence-corrected chi connectivity index (χ4v) is 6.61. The van der Waals surface area contributed by atoms with Crippen molar-refractivity contribution in [2.45, 2.75) is 45.1 Å². The van der Waals surface area contributed by atoms with Crippen LogP contribution in [0.1, 0.15) is 65.0 Å². The van der Waals surface area contributed by atoms with Gasteiger partial charge in [0.05, 0.1) is 12.0 Å². The van der Waals surface area contributed by atoms with Crippen LogP contribution in [0.2, 0.25) is 0 Å². The molecule has 1 aromatic heterocycles. The minimum atomic E-state index is -0.369. The van der Waals surface area contributed by atoms with Crippen molar-refractivity contribution in [3.63, 3.8) is 0 Å². The zero-order valence-electron chi connectivity index (χ0n) is 20.6. The van der Waals surface area contributed by atoms with Crippen LogP contribution in [0, 0.1) is 11.8 Å². The summed E-state index contributed by atoms with van der Waals surface area (Å²) < 4.78 is 0. The minimum absolute atomic E-state index is 0.0401. The van der Waals surface area contributed by atoms with E-state index in [1.165, 1.54) is 5.56 Å². The number of hydrogen-bond acceptors (Lipinski definition) is 3. The summed E-state index contributed by atoms with van der Waals surface area (Å²) in [6, 6.07) is 22.3. The lowest BCUT2D eigenvalue weighted by molar-refractivity contribution is -0.136. The highest BCUT2D eigenvalue weighted by Gasteiger charge is 2.46. The molecule has 4 nitrogen and oxygen atoms in total. The smallest absolute Gasteiger partial charge is 0.254 e. The fraction of sp³-hybridized carbons (Fsp3) is 0.400. The van der Waals surface area contributed by atoms with Gasteiger partial charge in [-0.05, 0) is 59.7 Å². The molecule has 5 heteroatoms. The predicted molar refractivity (Wildman–Crippen MR) is 142 cm³/mol. The maximum Gasteiger partial charge on any atom is 0.254 e. The predicted octanol–water partition coefficient (Wildman–Crippen LogP) is 6.17. The van der Waals surface area contributed by atoms with E-state index in [4.69, 9.17) is 0 Å². The summed E-state index contributed by atoms with van der Waals surface area (Å²) >= 11 is 1.64. The monoisotopic (exact) mass is 486 g/mol. The lowest BCUT2D eigenvalue weighted by atomic mass is 9.80. The maximum absolute atomic E-state index is 14.2. The first kappa shape index (κ1) is 23.8. The summed E-state index contributed by atoms with van der Waals surface area (Å²) in [5, 5.41) is 2.05. The lowest BCUT2D eigenvalue weighted by Crippen LogP contribution is -2.50. The molecule has 2 aliphatic rings. The Balaban J connectivity index is 1.42. The van der Waals surface area contributed by atoms with E-state index in [9.17, 15) is 9.59 Å². The molecule has 2 aliphatic heterocycles. The first-order chi connectivity index (χ1) is 17.0. The Morgan fingerprint density at radius 2 is 1.69 bits per heavy atom. The number of hydrogen-bond donors (Lipinski definition) is 0. The first-order valence-corrected chi connectivity index (χ1v) is 13.7. The van der Waals surface area contributed by atoms with E-state index in [1.807, 2.05) is 40.6 Å². The molecule has 182 valence electrons. The second-order valence-electron chi connectivity index (χ2n) is 10.3. The van der Waals surface area contributed by atoms with Gasteiger partial charge in [-0.2, -0.15) is 0 Å². The van der Waals surface area contributed by atoms with Gasteiger partial charge in [0.25, 0.3) is 5.91 Å². The lowest BCUT2D eigenvalue weighted by Gasteiger charge is -2.44. The summed E-state index contributed by atoms with van der Waals surface area (Å²) in [6.07, 6.45) is 3.12. The number of rotatable bonds is 6. The average Bonchev–Trinajstić information content (AvgIpc) is 3.41. The maximum atomic E-state index is 14.2. The number of likely N-dealkylation sites (tertiary alicyclic amines) is 1. The van der Waals surface area contributed by atoms with E-state index in [-0.39, 0.29) is 23.8 Å². The second kappa shape index (κ2) is 10.4. The Labute approximate surface area is 212 Å². The van der Waals surface area contributed by atoms with Crippen LogP contribution in [-0.4, -0.2) is 41.2 Å². The summed E-state index contributed by atoms with van der Waals surface area (Å²) in [5.74, 6) is 0.754. The molecule has 5 rings (SSSR count). The van der Waals surface area contributed by atoms with Gasteiger partial charge >= 0.3 is 0 Å². The van der Waals surface area contributed by atoms with Gasteiger partial charge in [0.2, 0.25) is 5.91 Å². The van der Waals surface area contributed by atoms with Gasteiger partial charge in [0.15, 0.2) is 0 Å². The van der Waals surface area contributed by atoms with Gasteiger partial charge in [-0.1, -0.05) is 68.4 Å². The van der Waals surface area contributed by atoms with E-state index in [1.54, 1.807) is 11.3 Å². The Kier molecular flexibility index (Phi) is 7.05. The Morgan fingerprint density at radius 1 is 0.971 bits per heavy atom. The number of carbonyl (C=O) groups is 2. The average molecular weight is 487 g/mol. The zero-order valence-corrected chi connectivity index (χ0v) is 21.4. The van der Waals surface area contributed by atoms with Crippen molar-refractivity contribution < 1.29 is 9.59 Å². The number of piperidine rings is 1. The number of amides is 2. The molecule has 35 heavy (non-hydrogen) atoms. The molecule has 0 radical (unpaired) electrons. The summed E-state index contributed by atoms with van der Waals surface area (Å²) in [4.78, 5) is 33.0. The van der Waals surface area contributed by atoms with E-state index in [0.29, 0.717) is 23.9 Å². The molecule has 0 unspecified atom stereocenters. The van der Waals surface area contributed by atoms with Crippen LogP contribution in [-0.2, 0) is 11.2 Å². The normalized spacial score (nSPS) is 20.8. The van der Waals surface area contributed by atoms with Crippen LogP contribution >= 0.6 is 11.3 Å². The molecule has 1 saturated heterocycles. The highest BCUT2D eigenvalue weighted by atomic mass is 32.1. The Bertz CT molecular complexity index is 1150. The van der Waals surface area contributed by atoms with Gasteiger partial charge in [0.1, 0.15) is 0 Å². The molecule has 3 heterocycles. The standard InChI is InChI=1S/C30H34N2O2S/c1-21(2)20-32-28(26-13-8-18-35-26)27(24-11-6-7-12-25(24)29(32)33)30(34)31-16-14-23(15-17-31)19-22-9-4-3-5-10-22/h3-13,18,21,23,27-28H,14-17,19-20H2,1-2H3/t27-,28-/m0/s1. The summed E-state index contributed by atoms with van der Waals surface area (Å²) in [6.45, 7) is 6.47. The molecule has 1 fully saturated rings. The molecule has 3 aromatic rings. The molecule has 0 spiro atoms. The van der Waals surface area contributed by atoms with Crippen molar-refractivity contribution in [1.82, 2.24) is 9.80 Å². The van der Waals surface area contributed by atoms with Crippen molar-refractivity contribution in [3.05, 3.63) is 93.7 Å². The summed E-state index contributed by atoms with van der Waals surface area (Å²) in [5.41, 5.74) is 2.93. The van der Waals surface area contributed by atoms with Crippen molar-refractivity contribution >= 4 is 23.2 Å². The van der Waals surface area contributed by atoms with Crippen LogP contribution in [0.4, 0.5) is 0 Å². The molecule has 2 atom stereocenters. The zero-order chi connectivity index (χ0) is 24.4. The SMILES string of the molecule is CC(C)CN1C(=O)c2ccccc2[C@H](C(=O)N2CCC(Cc3ccccc3)CC2)[C@@H]1c1cccs1. The number of nitrogens with zero attached hydrogens (tertiary/aromatic N) is 2. The number of thiophene rings is 1. The second-order valence-corrected chi connectivity index (χ2v) is 11.3. The molecule has 0 saturated carbocycles. The summed E-state index contributed by atoms with van der Waals surface area (Å²) in [7, 11) is 0. The fourth-order valence-electron chi connectivity index (χ4n) is 5.73. The minimum Gasteiger partial charge on any atom is -0.342 e. The van der Waals surface area contributed by atoms with E-state index >= 15 is 0 Å². The van der Waals surface area contributed by atoms with Crippen molar-refractivity contribution in [2.24, 2.45) is 11.8 Å². The van der Waals surface area contributed by atoms with Crippen molar-refractivity contribution in [3.8, 4) is 0 Å². The molecule has 0 N–H and O–H groups in total. The largest absolute Gasteiger partial charge is 0.342 e. The number of carbonyl (C=O) groups excluding carboxylic acids is 2. The van der Waals surface area contributed by atoms with Crippen LogP contribution in [0.25, 0.3) is 0 Å². The molecule has 0 aliphatic carbocycles. The molecule has 2 aromatic carbocycles. The highest BCUT2D eigenvalue weighted by Crippen LogP contribution is 2.45. The molecular weight excluding hydrogens is 452 g/mol. The Hall–Kier alpha value is -2.92. The van der Waals surface area contributed by atoms with E-state index < -0.39 is 0 Å². The highest BCUT2D eigenvalue weighted by molar-refractivity contribution is 7.10. The third-order valence-corrected chi connectivity index (χ3v) is 8.34. The van der Waals surface area contributed by atoms with Crippen LogP contribution in [0.5, 0.6) is 0 Å². The molecule has 2 amide bonds. The number of benzene rings is 2. The van der Waals surface area contributed by atoms with Crippen LogP contribution in [0.3, 0.4) is 0 Å². The van der Waals surface area contributed by atoms with Crippen molar-refractivity contribution in [1.29, 1.82) is 0 Å². The van der Waals surface area contributed by atoms with E-state index in [2.05, 4.69) is 55.1 Å². The van der Waals surface area contributed by atoms with Gasteiger partial charge in [0, 0.05) is 30.1 Å². The van der Waals surface area contributed by atoms with Gasteiger partial charge in [-0.3, -0.25) is 9.59 Å². The number of fused-ring (bicyclic) bond motifs is 1. The van der Waals surface area contributed by atoms with Crippen LogP contribution < -0.4 is 0 Å². The van der Waals surface area contributed by atoms with Gasteiger partial charge < -0.3 is 9.80 Å². The third-order valence-electron chi connectivity index (χ3n) is 7.39. The van der Waals surface area contributed by atoms with Crippen LogP contribution in [0.15, 0.2) is 72.1 Å². The van der Waals surface area contributed by atoms with Gasteiger partial charge in [-0.25, -0.2) is 0 Å². The third kappa shape index (κ3) is 4.92. The van der Waals surface area contributed by atoms with E-state index in [0.717, 1.165) is 42.8 Å².